The molecule has 120 valence electrons. The van der Waals surface area contributed by atoms with Crippen molar-refractivity contribution in [2.75, 3.05) is 19.4 Å². The fourth-order valence-electron chi connectivity index (χ4n) is 1.76. The SMILES string of the molecule is COc1ccc(S(=O)(=O)NCCCCS(N)(=O)=O)c(C)c1. The number of methoxy groups -OCH3 is 1. The molecule has 9 heteroatoms. The number of rotatable bonds is 8. The van der Waals surface area contributed by atoms with Crippen LogP contribution in [0.1, 0.15) is 18.4 Å². The van der Waals surface area contributed by atoms with E-state index in [-0.39, 0.29) is 17.2 Å². The molecule has 0 atom stereocenters. The molecule has 0 aliphatic heterocycles. The zero-order valence-electron chi connectivity index (χ0n) is 12.0. The van der Waals surface area contributed by atoms with Crippen LogP contribution >= 0.6 is 0 Å². The van der Waals surface area contributed by atoms with Crippen LogP contribution in [0.5, 0.6) is 5.75 Å². The number of unbranched alkanes of at least 4 members (excludes halogenated alkanes) is 1. The third-order valence-electron chi connectivity index (χ3n) is 2.82. The Bertz CT molecular complexity index is 684. The van der Waals surface area contributed by atoms with E-state index >= 15 is 0 Å². The number of benzene rings is 1. The summed E-state index contributed by atoms with van der Waals surface area (Å²) >= 11 is 0. The normalized spacial score (nSPS) is 12.3. The molecular formula is C12H20N2O5S2. The maximum Gasteiger partial charge on any atom is 0.240 e. The Balaban J connectivity index is 2.62. The molecule has 1 aromatic rings. The summed E-state index contributed by atoms with van der Waals surface area (Å²) in [7, 11) is -5.61. The molecule has 0 spiro atoms. The summed E-state index contributed by atoms with van der Waals surface area (Å²) in [6.45, 7) is 1.83. The molecule has 3 N–H and O–H groups in total. The van der Waals surface area contributed by atoms with Gasteiger partial charge in [0.25, 0.3) is 0 Å². The lowest BCUT2D eigenvalue weighted by molar-refractivity contribution is 0.414. The van der Waals surface area contributed by atoms with Crippen LogP contribution in [0.15, 0.2) is 23.1 Å². The molecule has 0 bridgehead atoms. The average molecular weight is 336 g/mol. The summed E-state index contributed by atoms with van der Waals surface area (Å²) in [6.07, 6.45) is 0.702. The first-order valence-corrected chi connectivity index (χ1v) is 9.50. The first-order chi connectivity index (χ1) is 9.65. The number of aryl methyl sites for hydroxylation is 1. The zero-order chi connectivity index (χ0) is 16.1. The van der Waals surface area contributed by atoms with Gasteiger partial charge in [-0.15, -0.1) is 0 Å². The van der Waals surface area contributed by atoms with Crippen molar-refractivity contribution < 1.29 is 21.6 Å². The van der Waals surface area contributed by atoms with Gasteiger partial charge < -0.3 is 4.74 Å². The molecule has 0 aliphatic rings. The van der Waals surface area contributed by atoms with Gasteiger partial charge in [0.05, 0.1) is 17.8 Å². The Labute approximate surface area is 125 Å². The number of hydrogen-bond acceptors (Lipinski definition) is 5. The van der Waals surface area contributed by atoms with Crippen LogP contribution < -0.4 is 14.6 Å². The number of nitrogens with two attached hydrogens (primary N) is 1. The van der Waals surface area contributed by atoms with Crippen LogP contribution in [0.2, 0.25) is 0 Å². The predicted octanol–water partition coefficient (Wildman–Crippen LogP) is 0.351. The van der Waals surface area contributed by atoms with Crippen LogP contribution in [0.3, 0.4) is 0 Å². The Morgan fingerprint density at radius 2 is 1.86 bits per heavy atom. The number of nitrogens with one attached hydrogen (secondary N) is 1. The largest absolute Gasteiger partial charge is 0.497 e. The molecule has 0 aromatic heterocycles. The van der Waals surface area contributed by atoms with E-state index in [1.54, 1.807) is 19.1 Å². The van der Waals surface area contributed by atoms with Crippen molar-refractivity contribution in [2.45, 2.75) is 24.7 Å². The van der Waals surface area contributed by atoms with Crippen LogP contribution in [-0.2, 0) is 20.0 Å². The highest BCUT2D eigenvalue weighted by Crippen LogP contribution is 2.20. The van der Waals surface area contributed by atoms with Gasteiger partial charge in [0.2, 0.25) is 20.0 Å². The molecule has 0 saturated heterocycles. The van der Waals surface area contributed by atoms with E-state index in [9.17, 15) is 16.8 Å². The van der Waals surface area contributed by atoms with E-state index in [0.717, 1.165) is 0 Å². The summed E-state index contributed by atoms with van der Waals surface area (Å²) in [5.41, 5.74) is 0.575. The quantitative estimate of drug-likeness (QED) is 0.665. The average Bonchev–Trinajstić information content (AvgIpc) is 2.36. The molecule has 7 nitrogen and oxygen atoms in total. The van der Waals surface area contributed by atoms with E-state index < -0.39 is 20.0 Å². The zero-order valence-corrected chi connectivity index (χ0v) is 13.6. The highest BCUT2D eigenvalue weighted by molar-refractivity contribution is 7.89. The maximum absolute atomic E-state index is 12.1. The molecule has 1 aromatic carbocycles. The fourth-order valence-corrected chi connectivity index (χ4v) is 3.67. The molecule has 0 saturated carbocycles. The van der Waals surface area contributed by atoms with Crippen molar-refractivity contribution in [3.8, 4) is 5.75 Å². The monoisotopic (exact) mass is 336 g/mol. The first kappa shape index (κ1) is 17.9. The molecule has 0 unspecified atom stereocenters. The lowest BCUT2D eigenvalue weighted by atomic mass is 10.2. The van der Waals surface area contributed by atoms with E-state index in [1.807, 2.05) is 0 Å². The second kappa shape index (κ2) is 7.21. The number of primary sulfonamides is 1. The van der Waals surface area contributed by atoms with Crippen LogP contribution in [0.4, 0.5) is 0 Å². The maximum atomic E-state index is 12.1. The van der Waals surface area contributed by atoms with Gasteiger partial charge in [-0.3, -0.25) is 0 Å². The van der Waals surface area contributed by atoms with Crippen LogP contribution in [0, 0.1) is 6.92 Å². The summed E-state index contributed by atoms with van der Waals surface area (Å²) < 4.78 is 53.2. The Morgan fingerprint density at radius 1 is 1.19 bits per heavy atom. The van der Waals surface area contributed by atoms with Gasteiger partial charge in [-0.25, -0.2) is 26.7 Å². The molecule has 0 fully saturated rings. The smallest absolute Gasteiger partial charge is 0.240 e. The van der Waals surface area contributed by atoms with Crippen molar-refractivity contribution in [3.05, 3.63) is 23.8 Å². The van der Waals surface area contributed by atoms with Crippen molar-refractivity contribution >= 4 is 20.0 Å². The molecule has 0 aliphatic carbocycles. The first-order valence-electron chi connectivity index (χ1n) is 6.30. The van der Waals surface area contributed by atoms with Gasteiger partial charge >= 0.3 is 0 Å². The highest BCUT2D eigenvalue weighted by atomic mass is 32.2. The van der Waals surface area contributed by atoms with Crippen molar-refractivity contribution in [2.24, 2.45) is 5.14 Å². The number of sulfonamides is 2. The molecule has 0 radical (unpaired) electrons. The molecule has 0 amide bonds. The Hall–Kier alpha value is -1.16. The second-order valence-corrected chi connectivity index (χ2v) is 8.07. The lowest BCUT2D eigenvalue weighted by Crippen LogP contribution is -2.26. The fraction of sp³-hybridized carbons (Fsp3) is 0.500. The van der Waals surface area contributed by atoms with Crippen molar-refractivity contribution in [1.82, 2.24) is 4.72 Å². The van der Waals surface area contributed by atoms with E-state index in [2.05, 4.69) is 4.72 Å². The predicted molar refractivity (Wildman–Crippen MR) is 80.1 cm³/mol. The molecule has 1 rings (SSSR count). The van der Waals surface area contributed by atoms with E-state index in [4.69, 9.17) is 9.88 Å². The molecule has 21 heavy (non-hydrogen) atoms. The summed E-state index contributed by atoms with van der Waals surface area (Å²) in [4.78, 5) is 0.176. The Morgan fingerprint density at radius 3 is 2.38 bits per heavy atom. The van der Waals surface area contributed by atoms with Gasteiger partial charge in [0, 0.05) is 6.54 Å². The standard InChI is InChI=1S/C12H20N2O5S2/c1-10-9-11(19-2)5-6-12(10)21(17,18)14-7-3-4-8-20(13,15)16/h5-6,9,14H,3-4,7-8H2,1-2H3,(H2,13,15,16). The van der Waals surface area contributed by atoms with Gasteiger partial charge in [-0.05, 0) is 43.5 Å². The minimum atomic E-state index is -3.62. The number of hydrogen-bond donors (Lipinski definition) is 2. The third-order valence-corrected chi connectivity index (χ3v) is 5.30. The second-order valence-electron chi connectivity index (χ2n) is 4.60. The number of ether oxygens (including phenoxy) is 1. The van der Waals surface area contributed by atoms with Crippen molar-refractivity contribution in [1.29, 1.82) is 0 Å². The molecular weight excluding hydrogens is 316 g/mol. The molecule has 0 heterocycles. The van der Waals surface area contributed by atoms with Gasteiger partial charge in [0.1, 0.15) is 5.75 Å². The summed E-state index contributed by atoms with van der Waals surface area (Å²) in [6, 6.07) is 4.68. The minimum absolute atomic E-state index is 0.156. The van der Waals surface area contributed by atoms with Gasteiger partial charge in [-0.1, -0.05) is 0 Å². The summed E-state index contributed by atoms with van der Waals surface area (Å²) in [5, 5.41) is 4.86. The van der Waals surface area contributed by atoms with Gasteiger partial charge in [0.15, 0.2) is 0 Å². The van der Waals surface area contributed by atoms with E-state index in [0.29, 0.717) is 24.2 Å². The van der Waals surface area contributed by atoms with Crippen LogP contribution in [0.25, 0.3) is 0 Å². The topological polar surface area (TPSA) is 116 Å². The third kappa shape index (κ3) is 6.00. The lowest BCUT2D eigenvalue weighted by Gasteiger charge is -2.10. The van der Waals surface area contributed by atoms with Crippen molar-refractivity contribution in [3.63, 3.8) is 0 Å². The minimum Gasteiger partial charge on any atom is -0.497 e. The van der Waals surface area contributed by atoms with Crippen LogP contribution in [-0.4, -0.2) is 36.2 Å². The van der Waals surface area contributed by atoms with E-state index in [1.165, 1.54) is 13.2 Å². The highest BCUT2D eigenvalue weighted by Gasteiger charge is 2.16. The summed E-state index contributed by atoms with van der Waals surface area (Å²) in [5.74, 6) is 0.427. The van der Waals surface area contributed by atoms with Gasteiger partial charge in [-0.2, -0.15) is 0 Å². The Kier molecular flexibility index (Phi) is 6.14.